The molecule has 0 unspecified atom stereocenters. The molecule has 0 aliphatic heterocycles. The van der Waals surface area contributed by atoms with E-state index in [0.29, 0.717) is 33.5 Å². The number of rotatable bonds is 7. The number of nitrogens with one attached hydrogen (secondary N) is 1. The molecular formula is C18H21NO5S2. The number of ether oxygens (including phenoxy) is 3. The maximum Gasteiger partial charge on any atom is 0.348 e. The third-order valence-electron chi connectivity index (χ3n) is 3.57. The summed E-state index contributed by atoms with van der Waals surface area (Å²) in [5.41, 5.74) is 1.06. The first-order valence-electron chi connectivity index (χ1n) is 7.84. The maximum atomic E-state index is 12.9. The fraction of sp³-hybridized carbons (Fsp3) is 0.333. The average Bonchev–Trinajstić information content (AvgIpc) is 3.00. The molecule has 1 N–H and O–H groups in total. The van der Waals surface area contributed by atoms with Gasteiger partial charge in [0, 0.05) is 0 Å². The van der Waals surface area contributed by atoms with E-state index in [-0.39, 0.29) is 5.91 Å². The zero-order chi connectivity index (χ0) is 19.3. The average molecular weight is 396 g/mol. The molecule has 0 atom stereocenters. The Hall–Kier alpha value is -2.19. The lowest BCUT2D eigenvalue weighted by Gasteiger charge is -2.15. The van der Waals surface area contributed by atoms with E-state index in [1.54, 1.807) is 26.0 Å². The topological polar surface area (TPSA) is 73.9 Å². The van der Waals surface area contributed by atoms with Crippen molar-refractivity contribution in [3.05, 3.63) is 34.2 Å². The Labute approximate surface area is 160 Å². The van der Waals surface area contributed by atoms with Gasteiger partial charge in [-0.05, 0) is 43.9 Å². The van der Waals surface area contributed by atoms with Crippen LogP contribution in [-0.2, 0) is 4.74 Å². The molecule has 2 rings (SSSR count). The molecule has 0 spiro atoms. The quantitative estimate of drug-likeness (QED) is 0.559. The van der Waals surface area contributed by atoms with Gasteiger partial charge in [-0.15, -0.1) is 23.1 Å². The fourth-order valence-corrected chi connectivity index (χ4v) is 3.95. The monoisotopic (exact) mass is 395 g/mol. The van der Waals surface area contributed by atoms with E-state index in [1.807, 2.05) is 12.3 Å². The predicted molar refractivity (Wildman–Crippen MR) is 104 cm³/mol. The summed E-state index contributed by atoms with van der Waals surface area (Å²) in [7, 11) is 3.01. The van der Waals surface area contributed by atoms with E-state index in [1.165, 1.54) is 37.3 Å². The van der Waals surface area contributed by atoms with Gasteiger partial charge >= 0.3 is 5.97 Å². The first-order valence-corrected chi connectivity index (χ1v) is 9.88. The molecule has 0 aliphatic rings. The lowest BCUT2D eigenvalue weighted by Crippen LogP contribution is -2.14. The van der Waals surface area contributed by atoms with Crippen molar-refractivity contribution in [2.24, 2.45) is 0 Å². The van der Waals surface area contributed by atoms with Crippen molar-refractivity contribution in [1.29, 1.82) is 0 Å². The Morgan fingerprint density at radius 2 is 1.96 bits per heavy atom. The first kappa shape index (κ1) is 20.1. The van der Waals surface area contributed by atoms with Crippen LogP contribution in [-0.4, -0.2) is 39.0 Å². The van der Waals surface area contributed by atoms with Crippen LogP contribution in [0.5, 0.6) is 11.5 Å². The highest BCUT2D eigenvalue weighted by molar-refractivity contribution is 7.98. The largest absolute Gasteiger partial charge is 0.496 e. The summed E-state index contributed by atoms with van der Waals surface area (Å²) in [6, 6.07) is 5.31. The molecule has 1 amide bonds. The summed E-state index contributed by atoms with van der Waals surface area (Å²) >= 11 is 2.65. The van der Waals surface area contributed by atoms with E-state index in [4.69, 9.17) is 14.2 Å². The molecule has 1 heterocycles. The smallest absolute Gasteiger partial charge is 0.348 e. The number of carbonyl (C=O) groups is 2. The van der Waals surface area contributed by atoms with Crippen LogP contribution in [0.4, 0.5) is 5.00 Å². The predicted octanol–water partition coefficient (Wildman–Crippen LogP) is 4.22. The lowest BCUT2D eigenvalue weighted by atomic mass is 10.1. The number of benzene rings is 1. The molecule has 6 nitrogen and oxygen atoms in total. The van der Waals surface area contributed by atoms with Gasteiger partial charge in [0.05, 0.1) is 30.7 Å². The Balaban J connectivity index is 2.36. The molecule has 26 heavy (non-hydrogen) atoms. The molecule has 8 heteroatoms. The number of hydrogen-bond acceptors (Lipinski definition) is 7. The second-order valence-corrected chi connectivity index (χ2v) is 7.08. The van der Waals surface area contributed by atoms with Gasteiger partial charge in [-0.3, -0.25) is 4.79 Å². The SMILES string of the molecule is CCOC(=O)c1sc(NC(=O)c2c(OC)ccc(SC)c2OC)cc1C. The third-order valence-corrected chi connectivity index (χ3v) is 5.46. The van der Waals surface area contributed by atoms with E-state index >= 15 is 0 Å². The highest BCUT2D eigenvalue weighted by atomic mass is 32.2. The van der Waals surface area contributed by atoms with Gasteiger partial charge in [0.1, 0.15) is 21.9 Å². The molecule has 2 aromatic rings. The minimum Gasteiger partial charge on any atom is -0.496 e. The van der Waals surface area contributed by atoms with Crippen molar-refractivity contribution >= 4 is 40.0 Å². The third kappa shape index (κ3) is 4.13. The Morgan fingerprint density at radius 3 is 2.54 bits per heavy atom. The Morgan fingerprint density at radius 1 is 1.23 bits per heavy atom. The van der Waals surface area contributed by atoms with Crippen LogP contribution >= 0.6 is 23.1 Å². The van der Waals surface area contributed by atoms with Gasteiger partial charge in [-0.1, -0.05) is 0 Å². The lowest BCUT2D eigenvalue weighted by molar-refractivity contribution is 0.0531. The van der Waals surface area contributed by atoms with Crippen molar-refractivity contribution < 1.29 is 23.8 Å². The molecule has 0 aliphatic carbocycles. The number of amides is 1. The summed E-state index contributed by atoms with van der Waals surface area (Å²) < 4.78 is 15.8. The van der Waals surface area contributed by atoms with Crippen molar-refractivity contribution in [2.75, 3.05) is 32.4 Å². The van der Waals surface area contributed by atoms with Gasteiger partial charge in [0.15, 0.2) is 0 Å². The van der Waals surface area contributed by atoms with Gasteiger partial charge in [-0.25, -0.2) is 4.79 Å². The number of aryl methyl sites for hydroxylation is 1. The highest BCUT2D eigenvalue weighted by Gasteiger charge is 2.23. The summed E-state index contributed by atoms with van der Waals surface area (Å²) in [5.74, 6) is 0.102. The number of thioether (sulfide) groups is 1. The highest BCUT2D eigenvalue weighted by Crippen LogP contribution is 2.38. The molecule has 0 radical (unpaired) electrons. The minimum absolute atomic E-state index is 0.299. The minimum atomic E-state index is -0.393. The van der Waals surface area contributed by atoms with Gasteiger partial charge in [0.2, 0.25) is 0 Å². The van der Waals surface area contributed by atoms with Crippen LogP contribution in [0.15, 0.2) is 23.1 Å². The van der Waals surface area contributed by atoms with Gasteiger partial charge in [-0.2, -0.15) is 0 Å². The first-order chi connectivity index (χ1) is 12.5. The molecule has 1 aromatic carbocycles. The van der Waals surface area contributed by atoms with Crippen LogP contribution in [0, 0.1) is 6.92 Å². The number of carbonyl (C=O) groups excluding carboxylic acids is 2. The number of methoxy groups -OCH3 is 2. The van der Waals surface area contributed by atoms with Crippen molar-refractivity contribution in [1.82, 2.24) is 0 Å². The number of hydrogen-bond donors (Lipinski definition) is 1. The molecule has 140 valence electrons. The number of thiophene rings is 1. The zero-order valence-corrected chi connectivity index (χ0v) is 16.9. The molecular weight excluding hydrogens is 374 g/mol. The summed E-state index contributed by atoms with van der Waals surface area (Å²) in [6.45, 7) is 3.85. The number of anilines is 1. The molecule has 0 saturated heterocycles. The summed E-state index contributed by atoms with van der Waals surface area (Å²) in [6.07, 6.45) is 1.90. The number of esters is 1. The van der Waals surface area contributed by atoms with Crippen molar-refractivity contribution in [3.63, 3.8) is 0 Å². The van der Waals surface area contributed by atoms with Gasteiger partial charge < -0.3 is 19.5 Å². The second-order valence-electron chi connectivity index (χ2n) is 5.18. The van der Waals surface area contributed by atoms with Crippen LogP contribution in [0.1, 0.15) is 32.5 Å². The van der Waals surface area contributed by atoms with E-state index in [0.717, 1.165) is 10.5 Å². The molecule has 0 saturated carbocycles. The molecule has 1 aromatic heterocycles. The van der Waals surface area contributed by atoms with E-state index in [2.05, 4.69) is 5.32 Å². The Bertz CT molecular complexity index is 816. The summed E-state index contributed by atoms with van der Waals surface area (Å²) in [5, 5.41) is 3.37. The normalized spacial score (nSPS) is 10.3. The second kappa shape index (κ2) is 8.95. The standard InChI is InChI=1S/C18H21NO5S2/c1-6-24-18(21)16-10(2)9-13(26-16)19-17(20)14-11(22-3)7-8-12(25-5)15(14)23-4/h7-9H,6H2,1-5H3,(H,19,20). The van der Waals surface area contributed by atoms with Crippen LogP contribution in [0.2, 0.25) is 0 Å². The summed E-state index contributed by atoms with van der Waals surface area (Å²) in [4.78, 5) is 26.1. The van der Waals surface area contributed by atoms with E-state index < -0.39 is 5.97 Å². The Kier molecular flexibility index (Phi) is 6.93. The van der Waals surface area contributed by atoms with E-state index in [9.17, 15) is 9.59 Å². The van der Waals surface area contributed by atoms with Crippen LogP contribution in [0.3, 0.4) is 0 Å². The fourth-order valence-electron chi connectivity index (χ4n) is 2.41. The van der Waals surface area contributed by atoms with Crippen LogP contribution in [0.25, 0.3) is 0 Å². The van der Waals surface area contributed by atoms with Gasteiger partial charge in [0.25, 0.3) is 5.91 Å². The zero-order valence-electron chi connectivity index (χ0n) is 15.3. The maximum absolute atomic E-state index is 12.9. The van der Waals surface area contributed by atoms with Crippen molar-refractivity contribution in [3.8, 4) is 11.5 Å². The molecule has 0 fully saturated rings. The van der Waals surface area contributed by atoms with Crippen molar-refractivity contribution in [2.45, 2.75) is 18.7 Å². The van der Waals surface area contributed by atoms with Crippen LogP contribution < -0.4 is 14.8 Å². The molecule has 0 bridgehead atoms.